The number of esters is 1. The third kappa shape index (κ3) is 4.20. The highest BCUT2D eigenvalue weighted by Crippen LogP contribution is 2.15. The average Bonchev–Trinajstić information content (AvgIpc) is 2.43. The Morgan fingerprint density at radius 1 is 1.50 bits per heavy atom. The van der Waals surface area contributed by atoms with Crippen molar-refractivity contribution < 1.29 is 14.3 Å². The van der Waals surface area contributed by atoms with Gasteiger partial charge >= 0.3 is 5.97 Å². The van der Waals surface area contributed by atoms with Crippen molar-refractivity contribution in [3.8, 4) is 5.75 Å². The molecule has 1 unspecified atom stereocenters. The summed E-state index contributed by atoms with van der Waals surface area (Å²) in [4.78, 5) is 15.7. The zero-order chi connectivity index (χ0) is 13.4. The maximum atomic E-state index is 11.9. The molecule has 98 valence electrons. The molecule has 0 heterocycles. The highest BCUT2D eigenvalue weighted by Gasteiger charge is 2.14. The van der Waals surface area contributed by atoms with Crippen LogP contribution in [0.4, 0.5) is 0 Å². The molecule has 0 aromatic heterocycles. The maximum absolute atomic E-state index is 11.9. The van der Waals surface area contributed by atoms with Crippen molar-refractivity contribution in [3.05, 3.63) is 29.8 Å². The first-order valence-corrected chi connectivity index (χ1v) is 6.02. The van der Waals surface area contributed by atoms with Crippen LogP contribution in [0.15, 0.2) is 29.3 Å². The second kappa shape index (κ2) is 7.48. The second-order valence-electron chi connectivity index (χ2n) is 3.92. The molecule has 0 saturated heterocycles. The molecule has 0 aliphatic rings. The number of benzene rings is 1. The molecule has 0 fully saturated rings. The van der Waals surface area contributed by atoms with Crippen LogP contribution in [0.2, 0.25) is 0 Å². The number of methoxy groups -OCH3 is 1. The SMILES string of the molecule is C=NC(CCCC)OC(=O)c1cccc(OC)c1. The number of ether oxygens (including phenoxy) is 2. The molecule has 4 nitrogen and oxygen atoms in total. The van der Waals surface area contributed by atoms with Gasteiger partial charge in [0.25, 0.3) is 0 Å². The molecular formula is C14H19NO3. The predicted octanol–water partition coefficient (Wildman–Crippen LogP) is 3.07. The fourth-order valence-corrected chi connectivity index (χ4v) is 1.51. The number of hydrogen-bond acceptors (Lipinski definition) is 4. The first-order chi connectivity index (χ1) is 8.71. The minimum absolute atomic E-state index is 0.401. The van der Waals surface area contributed by atoms with Gasteiger partial charge in [-0.25, -0.2) is 4.79 Å². The van der Waals surface area contributed by atoms with Gasteiger partial charge in [0.2, 0.25) is 0 Å². The Morgan fingerprint density at radius 2 is 2.28 bits per heavy atom. The van der Waals surface area contributed by atoms with E-state index in [1.165, 1.54) is 0 Å². The quantitative estimate of drug-likeness (QED) is 0.551. The molecular weight excluding hydrogens is 230 g/mol. The minimum atomic E-state index is -0.469. The van der Waals surface area contributed by atoms with Crippen molar-refractivity contribution >= 4 is 12.7 Å². The van der Waals surface area contributed by atoms with Gasteiger partial charge in [-0.1, -0.05) is 19.4 Å². The summed E-state index contributed by atoms with van der Waals surface area (Å²) >= 11 is 0. The standard InChI is InChI=1S/C14H19NO3/c1-4-5-9-13(15-2)18-14(16)11-7-6-8-12(10-11)17-3/h6-8,10,13H,2,4-5,9H2,1,3H3. The van der Waals surface area contributed by atoms with Crippen LogP contribution in [0.5, 0.6) is 5.75 Å². The van der Waals surface area contributed by atoms with Gasteiger partial charge in [0.05, 0.1) is 12.7 Å². The van der Waals surface area contributed by atoms with Crippen molar-refractivity contribution in [2.45, 2.75) is 32.4 Å². The highest BCUT2D eigenvalue weighted by molar-refractivity contribution is 5.89. The van der Waals surface area contributed by atoms with Crippen LogP contribution >= 0.6 is 0 Å². The van der Waals surface area contributed by atoms with Crippen LogP contribution in [-0.2, 0) is 4.74 Å². The zero-order valence-electron chi connectivity index (χ0n) is 10.9. The molecule has 1 atom stereocenters. The van der Waals surface area contributed by atoms with Gasteiger partial charge in [0.15, 0.2) is 6.23 Å². The molecule has 0 saturated carbocycles. The molecule has 0 aliphatic carbocycles. The Hall–Kier alpha value is -1.84. The summed E-state index contributed by atoms with van der Waals surface area (Å²) in [6.45, 7) is 5.52. The van der Waals surface area contributed by atoms with E-state index < -0.39 is 12.2 Å². The fourth-order valence-electron chi connectivity index (χ4n) is 1.51. The first kappa shape index (κ1) is 14.2. The van der Waals surface area contributed by atoms with Gasteiger partial charge in [-0.15, -0.1) is 0 Å². The Labute approximate surface area is 108 Å². The van der Waals surface area contributed by atoms with E-state index in [2.05, 4.69) is 18.6 Å². The number of carbonyl (C=O) groups excluding carboxylic acids is 1. The summed E-state index contributed by atoms with van der Waals surface area (Å²) in [5, 5.41) is 0. The normalized spacial score (nSPS) is 11.7. The lowest BCUT2D eigenvalue weighted by Gasteiger charge is -2.13. The van der Waals surface area contributed by atoms with Crippen molar-refractivity contribution in [3.63, 3.8) is 0 Å². The molecule has 0 bridgehead atoms. The molecule has 0 aliphatic heterocycles. The molecule has 18 heavy (non-hydrogen) atoms. The second-order valence-corrected chi connectivity index (χ2v) is 3.92. The lowest BCUT2D eigenvalue weighted by molar-refractivity contribution is 0.0300. The number of aliphatic imine (C=N–C) groups is 1. The van der Waals surface area contributed by atoms with Gasteiger partial charge in [-0.05, 0) is 31.3 Å². The van der Waals surface area contributed by atoms with Crippen LogP contribution in [0.3, 0.4) is 0 Å². The molecule has 0 radical (unpaired) electrons. The van der Waals surface area contributed by atoms with E-state index in [4.69, 9.17) is 9.47 Å². The largest absolute Gasteiger partial charge is 0.497 e. The molecule has 1 aromatic carbocycles. The summed E-state index contributed by atoms with van der Waals surface area (Å²) in [6.07, 6.45) is 2.22. The lowest BCUT2D eigenvalue weighted by atomic mass is 10.2. The number of hydrogen-bond donors (Lipinski definition) is 0. The Kier molecular flexibility index (Phi) is 5.91. The van der Waals surface area contributed by atoms with Crippen LogP contribution in [0.1, 0.15) is 36.5 Å². The van der Waals surface area contributed by atoms with Crippen molar-refractivity contribution in [1.82, 2.24) is 0 Å². The summed E-state index contributed by atoms with van der Waals surface area (Å²) in [5.74, 6) is 0.225. The van der Waals surface area contributed by atoms with Gasteiger partial charge in [-0.3, -0.25) is 4.99 Å². The topological polar surface area (TPSA) is 47.9 Å². The summed E-state index contributed by atoms with van der Waals surface area (Å²) < 4.78 is 10.3. The van der Waals surface area contributed by atoms with Crippen molar-refractivity contribution in [2.75, 3.05) is 7.11 Å². The van der Waals surface area contributed by atoms with E-state index in [1.54, 1.807) is 31.4 Å². The molecule has 1 rings (SSSR count). The van der Waals surface area contributed by atoms with Crippen molar-refractivity contribution in [1.29, 1.82) is 0 Å². The Morgan fingerprint density at radius 3 is 2.89 bits per heavy atom. The minimum Gasteiger partial charge on any atom is -0.497 e. The molecule has 0 spiro atoms. The van der Waals surface area contributed by atoms with Crippen LogP contribution in [0, 0.1) is 0 Å². The third-order valence-electron chi connectivity index (χ3n) is 2.56. The lowest BCUT2D eigenvalue weighted by Crippen LogP contribution is -2.16. The van der Waals surface area contributed by atoms with E-state index in [-0.39, 0.29) is 0 Å². The summed E-state index contributed by atoms with van der Waals surface area (Å²) in [5.41, 5.74) is 0.458. The van der Waals surface area contributed by atoms with E-state index in [0.29, 0.717) is 17.7 Å². The van der Waals surface area contributed by atoms with E-state index in [9.17, 15) is 4.79 Å². The molecule has 0 amide bonds. The third-order valence-corrected chi connectivity index (χ3v) is 2.56. The summed E-state index contributed by atoms with van der Waals surface area (Å²) in [6, 6.07) is 6.85. The van der Waals surface area contributed by atoms with Crippen LogP contribution in [-0.4, -0.2) is 26.0 Å². The summed E-state index contributed by atoms with van der Waals surface area (Å²) in [7, 11) is 1.56. The monoisotopic (exact) mass is 249 g/mol. The molecule has 4 heteroatoms. The Bertz CT molecular complexity index is 404. The smallest absolute Gasteiger partial charge is 0.340 e. The zero-order valence-corrected chi connectivity index (χ0v) is 10.9. The molecule has 0 N–H and O–H groups in total. The predicted molar refractivity (Wildman–Crippen MR) is 71.3 cm³/mol. The van der Waals surface area contributed by atoms with E-state index >= 15 is 0 Å². The number of nitrogens with zero attached hydrogens (tertiary/aromatic N) is 1. The van der Waals surface area contributed by atoms with Gasteiger partial charge < -0.3 is 9.47 Å². The Balaban J connectivity index is 2.65. The van der Waals surface area contributed by atoms with Gasteiger partial charge in [0, 0.05) is 6.42 Å². The molecule has 1 aromatic rings. The van der Waals surface area contributed by atoms with Gasteiger partial charge in [-0.2, -0.15) is 0 Å². The average molecular weight is 249 g/mol. The number of unbranched alkanes of at least 4 members (excludes halogenated alkanes) is 1. The van der Waals surface area contributed by atoms with Crippen LogP contribution < -0.4 is 4.74 Å². The van der Waals surface area contributed by atoms with Crippen molar-refractivity contribution in [2.24, 2.45) is 4.99 Å². The van der Waals surface area contributed by atoms with E-state index in [0.717, 1.165) is 12.8 Å². The highest BCUT2D eigenvalue weighted by atomic mass is 16.6. The van der Waals surface area contributed by atoms with Gasteiger partial charge in [0.1, 0.15) is 5.75 Å². The van der Waals surface area contributed by atoms with Crippen LogP contribution in [0.25, 0.3) is 0 Å². The fraction of sp³-hybridized carbons (Fsp3) is 0.429. The first-order valence-electron chi connectivity index (χ1n) is 6.02. The number of carbonyl (C=O) groups is 1. The van der Waals surface area contributed by atoms with E-state index in [1.807, 2.05) is 0 Å². The number of rotatable bonds is 7. The maximum Gasteiger partial charge on any atom is 0.340 e.